The maximum atomic E-state index is 5.74. The highest BCUT2D eigenvalue weighted by atomic mass is 15.2. The molecule has 3 saturated heterocycles. The van der Waals surface area contributed by atoms with E-state index in [1.807, 2.05) is 13.0 Å². The van der Waals surface area contributed by atoms with Crippen molar-refractivity contribution in [2.75, 3.05) is 30.7 Å². The fourth-order valence-electron chi connectivity index (χ4n) is 2.98. The van der Waals surface area contributed by atoms with Crippen molar-refractivity contribution in [1.82, 2.24) is 14.9 Å². The lowest BCUT2D eigenvalue weighted by atomic mass is 9.84. The Morgan fingerprint density at radius 3 is 2.71 bits per heavy atom. The van der Waals surface area contributed by atoms with Gasteiger partial charge in [-0.05, 0) is 38.8 Å². The van der Waals surface area contributed by atoms with Crippen molar-refractivity contribution in [3.63, 3.8) is 0 Å². The van der Waals surface area contributed by atoms with E-state index in [4.69, 9.17) is 5.73 Å². The van der Waals surface area contributed by atoms with Gasteiger partial charge in [0, 0.05) is 18.7 Å². The molecule has 1 aromatic heterocycles. The van der Waals surface area contributed by atoms with E-state index in [1.54, 1.807) is 0 Å². The Kier molecular flexibility index (Phi) is 2.63. The zero-order valence-electron chi connectivity index (χ0n) is 10.2. The Hall–Kier alpha value is -1.36. The summed E-state index contributed by atoms with van der Waals surface area (Å²) in [5.74, 6) is 2.93. The molecule has 5 nitrogen and oxygen atoms in total. The summed E-state index contributed by atoms with van der Waals surface area (Å²) < 4.78 is 0. The number of nitrogens with one attached hydrogen (secondary N) is 1. The highest BCUT2D eigenvalue weighted by Crippen LogP contribution is 2.29. The molecule has 1 atom stereocenters. The number of hydrogen-bond donors (Lipinski definition) is 2. The minimum atomic E-state index is 0.520. The van der Waals surface area contributed by atoms with E-state index in [9.17, 15) is 0 Å². The monoisotopic (exact) mass is 233 g/mol. The predicted molar refractivity (Wildman–Crippen MR) is 67.8 cm³/mol. The van der Waals surface area contributed by atoms with Gasteiger partial charge in [-0.25, -0.2) is 9.97 Å². The number of nitrogens with zero attached hydrogens (tertiary/aromatic N) is 3. The molecule has 0 saturated carbocycles. The first kappa shape index (κ1) is 10.8. The minimum absolute atomic E-state index is 0.520. The molecule has 0 spiro atoms. The number of aryl methyl sites for hydroxylation is 1. The van der Waals surface area contributed by atoms with E-state index in [0.717, 1.165) is 24.1 Å². The first-order valence-corrected chi connectivity index (χ1v) is 6.31. The van der Waals surface area contributed by atoms with Crippen molar-refractivity contribution in [2.45, 2.75) is 25.8 Å². The lowest BCUT2D eigenvalue weighted by molar-refractivity contribution is 0.0974. The molecule has 2 bridgehead atoms. The molecule has 4 heterocycles. The number of piperidine rings is 3. The van der Waals surface area contributed by atoms with Crippen LogP contribution >= 0.6 is 0 Å². The molecular weight excluding hydrogens is 214 g/mol. The largest absolute Gasteiger partial charge is 0.384 e. The van der Waals surface area contributed by atoms with Gasteiger partial charge in [-0.15, -0.1) is 0 Å². The van der Waals surface area contributed by atoms with E-state index < -0.39 is 0 Å². The van der Waals surface area contributed by atoms with Crippen LogP contribution in [0, 0.1) is 12.8 Å². The van der Waals surface area contributed by atoms with Crippen LogP contribution in [0.3, 0.4) is 0 Å². The Bertz CT molecular complexity index is 391. The lowest BCUT2D eigenvalue weighted by Crippen LogP contribution is -2.53. The Labute approximate surface area is 101 Å². The smallest absolute Gasteiger partial charge is 0.132 e. The topological polar surface area (TPSA) is 67.1 Å². The number of aromatic nitrogens is 2. The predicted octanol–water partition coefficient (Wildman–Crippen LogP) is 0.873. The van der Waals surface area contributed by atoms with Gasteiger partial charge in [0.15, 0.2) is 0 Å². The highest BCUT2D eigenvalue weighted by Gasteiger charge is 2.34. The second kappa shape index (κ2) is 4.14. The average molecular weight is 233 g/mol. The third-order valence-electron chi connectivity index (χ3n) is 3.85. The molecule has 3 aliphatic rings. The van der Waals surface area contributed by atoms with Gasteiger partial charge in [-0.3, -0.25) is 0 Å². The van der Waals surface area contributed by atoms with Crippen LogP contribution in [0.1, 0.15) is 18.7 Å². The molecule has 3 aliphatic heterocycles. The number of rotatable bonds is 2. The average Bonchev–Trinajstić information content (AvgIpc) is 2.29. The number of nitrogen functional groups attached to an aromatic ring is 1. The maximum Gasteiger partial charge on any atom is 0.132 e. The van der Waals surface area contributed by atoms with Crippen molar-refractivity contribution in [3.8, 4) is 0 Å². The summed E-state index contributed by atoms with van der Waals surface area (Å²) in [6, 6.07) is 2.34. The lowest BCUT2D eigenvalue weighted by Gasteiger charge is -2.45. The molecule has 92 valence electrons. The SMILES string of the molecule is Cc1nc(N)cc(NC2CN3CCC2CC3)n1. The number of nitrogens with two attached hydrogens (primary N) is 1. The van der Waals surface area contributed by atoms with Crippen molar-refractivity contribution < 1.29 is 0 Å². The maximum absolute atomic E-state index is 5.74. The molecular formula is C12H19N5. The van der Waals surface area contributed by atoms with Gasteiger partial charge >= 0.3 is 0 Å². The van der Waals surface area contributed by atoms with E-state index in [2.05, 4.69) is 20.2 Å². The van der Waals surface area contributed by atoms with Crippen LogP contribution < -0.4 is 11.1 Å². The fraction of sp³-hybridized carbons (Fsp3) is 0.667. The normalized spacial score (nSPS) is 31.5. The Balaban J connectivity index is 1.74. The second-order valence-corrected chi connectivity index (χ2v) is 5.11. The van der Waals surface area contributed by atoms with Crippen LogP contribution in [0.2, 0.25) is 0 Å². The number of hydrogen-bond acceptors (Lipinski definition) is 5. The molecule has 5 heteroatoms. The molecule has 0 amide bonds. The van der Waals surface area contributed by atoms with Crippen LogP contribution in [-0.4, -0.2) is 40.5 Å². The summed E-state index contributed by atoms with van der Waals surface area (Å²) in [6.07, 6.45) is 2.61. The molecule has 0 aromatic carbocycles. The molecule has 3 N–H and O–H groups in total. The van der Waals surface area contributed by atoms with E-state index in [-0.39, 0.29) is 0 Å². The summed E-state index contributed by atoms with van der Waals surface area (Å²) >= 11 is 0. The van der Waals surface area contributed by atoms with Crippen molar-refractivity contribution in [2.24, 2.45) is 5.92 Å². The molecule has 0 aliphatic carbocycles. The van der Waals surface area contributed by atoms with Crippen molar-refractivity contribution in [3.05, 3.63) is 11.9 Å². The Morgan fingerprint density at radius 1 is 1.35 bits per heavy atom. The number of fused-ring (bicyclic) bond motifs is 3. The van der Waals surface area contributed by atoms with Crippen LogP contribution in [0.5, 0.6) is 0 Å². The third-order valence-corrected chi connectivity index (χ3v) is 3.85. The van der Waals surface area contributed by atoms with Crippen molar-refractivity contribution in [1.29, 1.82) is 0 Å². The van der Waals surface area contributed by atoms with Crippen molar-refractivity contribution >= 4 is 11.6 Å². The van der Waals surface area contributed by atoms with Gasteiger partial charge in [0.2, 0.25) is 0 Å². The van der Waals surface area contributed by atoms with Crippen LogP contribution in [0.25, 0.3) is 0 Å². The summed E-state index contributed by atoms with van der Waals surface area (Å²) in [4.78, 5) is 11.0. The molecule has 17 heavy (non-hydrogen) atoms. The van der Waals surface area contributed by atoms with E-state index >= 15 is 0 Å². The van der Waals surface area contributed by atoms with Gasteiger partial charge in [0.25, 0.3) is 0 Å². The summed E-state index contributed by atoms with van der Waals surface area (Å²) in [5, 5.41) is 3.52. The molecule has 4 rings (SSSR count). The molecule has 0 radical (unpaired) electrons. The van der Waals surface area contributed by atoms with E-state index in [1.165, 1.54) is 25.9 Å². The number of anilines is 2. The zero-order valence-corrected chi connectivity index (χ0v) is 10.2. The summed E-state index contributed by atoms with van der Waals surface area (Å²) in [5.41, 5.74) is 5.74. The molecule has 3 fully saturated rings. The fourth-order valence-corrected chi connectivity index (χ4v) is 2.98. The van der Waals surface area contributed by atoms with Gasteiger partial charge in [0.1, 0.15) is 17.5 Å². The standard InChI is InChI=1S/C12H19N5/c1-8-14-11(13)6-12(15-8)16-10-7-17-4-2-9(10)3-5-17/h6,9-10H,2-5,7H2,1H3,(H3,13,14,15,16). The van der Waals surface area contributed by atoms with Gasteiger partial charge in [0.05, 0.1) is 0 Å². The quantitative estimate of drug-likeness (QED) is 0.793. The second-order valence-electron chi connectivity index (χ2n) is 5.11. The Morgan fingerprint density at radius 2 is 2.12 bits per heavy atom. The van der Waals surface area contributed by atoms with Crippen LogP contribution in [-0.2, 0) is 0 Å². The highest BCUT2D eigenvalue weighted by molar-refractivity contribution is 5.45. The van der Waals surface area contributed by atoms with Crippen LogP contribution in [0.15, 0.2) is 6.07 Å². The molecule has 1 unspecified atom stereocenters. The van der Waals surface area contributed by atoms with Gasteiger partial charge < -0.3 is 16.0 Å². The van der Waals surface area contributed by atoms with E-state index in [0.29, 0.717) is 11.9 Å². The third kappa shape index (κ3) is 2.20. The molecule has 1 aromatic rings. The zero-order chi connectivity index (χ0) is 11.8. The first-order chi connectivity index (χ1) is 8.20. The summed E-state index contributed by atoms with van der Waals surface area (Å²) in [6.45, 7) is 5.52. The first-order valence-electron chi connectivity index (χ1n) is 6.31. The van der Waals surface area contributed by atoms with Gasteiger partial charge in [-0.2, -0.15) is 0 Å². The summed E-state index contributed by atoms with van der Waals surface area (Å²) in [7, 11) is 0. The van der Waals surface area contributed by atoms with Crippen LogP contribution in [0.4, 0.5) is 11.6 Å². The minimum Gasteiger partial charge on any atom is -0.384 e. The van der Waals surface area contributed by atoms with Gasteiger partial charge in [-0.1, -0.05) is 0 Å².